The summed E-state index contributed by atoms with van der Waals surface area (Å²) in [6.07, 6.45) is 0. The highest BCUT2D eigenvalue weighted by Crippen LogP contribution is 2.47. The average molecular weight is 1040 g/mol. The molecule has 3 aromatic heterocycles. The van der Waals surface area contributed by atoms with E-state index in [1.165, 1.54) is 0 Å². The third-order valence-corrected chi connectivity index (χ3v) is 14.8. The molecule has 12 aromatic rings. The van der Waals surface area contributed by atoms with Crippen molar-refractivity contribution in [1.29, 1.82) is 15.8 Å². The summed E-state index contributed by atoms with van der Waals surface area (Å²) >= 11 is 0. The van der Waals surface area contributed by atoms with Crippen molar-refractivity contribution >= 4 is 77.7 Å². The van der Waals surface area contributed by atoms with Crippen molar-refractivity contribution in [3.05, 3.63) is 266 Å². The molecule has 12 rings (SSSR count). The zero-order valence-electron chi connectivity index (χ0n) is 43.5. The van der Waals surface area contributed by atoms with Crippen LogP contribution in [0.5, 0.6) is 0 Å². The summed E-state index contributed by atoms with van der Waals surface area (Å²) in [4.78, 5) is 27.8. The number of aryl methyl sites for hydroxylation is 2. The number of fused-ring (bicyclic) bond motifs is 6. The minimum Gasteiger partial charge on any atom is -0.319 e. The van der Waals surface area contributed by atoms with Crippen LogP contribution in [0.15, 0.2) is 170 Å². The number of hydrogen-bond donors (Lipinski definition) is 0. The van der Waals surface area contributed by atoms with Crippen LogP contribution in [-0.4, -0.2) is 14.1 Å². The molecule has 0 atom stereocenters. The third-order valence-electron chi connectivity index (χ3n) is 14.8. The number of nitriles is 3. The quantitative estimate of drug-likeness (QED) is 0.148. The van der Waals surface area contributed by atoms with E-state index in [0.717, 1.165) is 66.2 Å². The number of benzene rings is 9. The zero-order valence-corrected chi connectivity index (χ0v) is 43.5. The lowest BCUT2D eigenvalue weighted by molar-refractivity contribution is 1.12. The molecule has 0 spiro atoms. The van der Waals surface area contributed by atoms with Crippen LogP contribution < -0.4 is 0 Å². The molecule has 0 saturated heterocycles. The van der Waals surface area contributed by atoms with Gasteiger partial charge in [0, 0.05) is 60.9 Å². The summed E-state index contributed by atoms with van der Waals surface area (Å²) in [5.41, 5.74) is 15.4. The van der Waals surface area contributed by atoms with E-state index >= 15 is 0 Å². The molecule has 0 aliphatic carbocycles. The highest BCUT2D eigenvalue weighted by atomic mass is 15.0. The van der Waals surface area contributed by atoms with E-state index in [-0.39, 0.29) is 5.69 Å². The largest absolute Gasteiger partial charge is 0.319 e. The molecular weight excluding hydrogens is 1010 g/mol. The maximum atomic E-state index is 10.4. The number of aromatic nitrogens is 3. The Morgan fingerprint density at radius 3 is 1.17 bits per heavy atom. The Bertz CT molecular complexity index is 4970. The number of rotatable bonds is 7. The molecule has 0 saturated carbocycles. The molecule has 3 heterocycles. The van der Waals surface area contributed by atoms with E-state index in [4.69, 9.17) is 44.4 Å². The number of pyridine rings is 1. The number of hydrogen-bond acceptors (Lipinski definition) is 4. The highest BCUT2D eigenvalue weighted by molar-refractivity contribution is 6.14. The Morgan fingerprint density at radius 1 is 0.341 bits per heavy atom. The zero-order chi connectivity index (χ0) is 56.9. The van der Waals surface area contributed by atoms with Gasteiger partial charge in [0.1, 0.15) is 0 Å². The lowest BCUT2D eigenvalue weighted by Crippen LogP contribution is -2.02. The van der Waals surface area contributed by atoms with Crippen LogP contribution in [0.4, 0.5) is 34.1 Å². The van der Waals surface area contributed by atoms with Gasteiger partial charge in [0.15, 0.2) is 28.4 Å². The summed E-state index contributed by atoms with van der Waals surface area (Å²) in [6.45, 7) is 52.8. The van der Waals surface area contributed by atoms with Crippen molar-refractivity contribution in [1.82, 2.24) is 14.1 Å². The molecule has 0 radical (unpaired) electrons. The van der Waals surface area contributed by atoms with Gasteiger partial charge in [-0.25, -0.2) is 29.1 Å². The molecule has 374 valence electrons. The van der Waals surface area contributed by atoms with Gasteiger partial charge in [-0.05, 0) is 143 Å². The SMILES string of the molecule is [C-]#[N+]c1ccc(-c2ccc3c4ccc(-c5ccc(C#N)cc5[N+]#[C-])cc4n(-c4cc([N+]#[C-])c(-n5c6cc(-c7ccc(C#N)cc7[N+]#[C-])ccc6c6ccc(-c7ccc([N+]#[C-])cc7[N+]#[C-])cc65)cc4-c4cc(C)nc(C)c4)c3c2)c(C#N)c1. The lowest BCUT2D eigenvalue weighted by Gasteiger charge is -2.20. The first-order valence-electron chi connectivity index (χ1n) is 25.4. The third kappa shape index (κ3) is 8.21. The summed E-state index contributed by atoms with van der Waals surface area (Å²) in [5, 5.41) is 33.4. The van der Waals surface area contributed by atoms with E-state index < -0.39 is 0 Å². The molecule has 12 nitrogen and oxygen atoms in total. The summed E-state index contributed by atoms with van der Waals surface area (Å²) in [7, 11) is 0. The molecule has 9 aromatic carbocycles. The fourth-order valence-electron chi connectivity index (χ4n) is 11.2. The van der Waals surface area contributed by atoms with Gasteiger partial charge in [0.2, 0.25) is 5.69 Å². The Hall–Kier alpha value is -12.9. The van der Waals surface area contributed by atoms with Gasteiger partial charge in [0.25, 0.3) is 0 Å². The Kier molecular flexibility index (Phi) is 12.1. The molecule has 82 heavy (non-hydrogen) atoms. The van der Waals surface area contributed by atoms with Crippen molar-refractivity contribution in [2.24, 2.45) is 0 Å². The minimum atomic E-state index is 0.269. The first-order chi connectivity index (χ1) is 40.0. The van der Waals surface area contributed by atoms with Crippen LogP contribution in [0, 0.1) is 87.3 Å². The molecule has 0 aliphatic heterocycles. The van der Waals surface area contributed by atoms with E-state index in [9.17, 15) is 15.8 Å². The Labute approximate surface area is 470 Å². The Morgan fingerprint density at radius 2 is 0.744 bits per heavy atom. The minimum absolute atomic E-state index is 0.269. The summed E-state index contributed by atoms with van der Waals surface area (Å²) in [6, 6.07) is 58.6. The van der Waals surface area contributed by atoms with Crippen LogP contribution in [-0.2, 0) is 0 Å². The molecule has 0 bridgehead atoms. The van der Waals surface area contributed by atoms with E-state index in [1.54, 1.807) is 72.8 Å². The smallest absolute Gasteiger partial charge is 0.212 e. The topological polar surface area (TPSA) is 120 Å². The van der Waals surface area contributed by atoms with Crippen LogP contribution in [0.2, 0.25) is 0 Å². The van der Waals surface area contributed by atoms with Crippen LogP contribution in [0.3, 0.4) is 0 Å². The van der Waals surface area contributed by atoms with Crippen LogP contribution >= 0.6 is 0 Å². The average Bonchev–Trinajstić information content (AvgIpc) is 3.22. The molecule has 0 N–H and O–H groups in total. The normalized spacial score (nSPS) is 10.7. The molecule has 0 fully saturated rings. The van der Waals surface area contributed by atoms with Gasteiger partial charge < -0.3 is 9.13 Å². The van der Waals surface area contributed by atoms with Crippen molar-refractivity contribution in [2.75, 3.05) is 0 Å². The fourth-order valence-corrected chi connectivity index (χ4v) is 11.2. The van der Waals surface area contributed by atoms with Crippen LogP contribution in [0.1, 0.15) is 28.1 Å². The lowest BCUT2D eigenvalue weighted by atomic mass is 9.98. The van der Waals surface area contributed by atoms with Gasteiger partial charge in [0.05, 0.1) is 85.4 Å². The predicted molar refractivity (Wildman–Crippen MR) is 321 cm³/mol. The van der Waals surface area contributed by atoms with Crippen molar-refractivity contribution in [3.8, 4) is 85.2 Å². The fraction of sp³-hybridized carbons (Fsp3) is 0.0286. The summed E-state index contributed by atoms with van der Waals surface area (Å²) in [5.74, 6) is 0. The molecule has 12 heteroatoms. The molecular formula is C70H34N12. The molecule has 0 amide bonds. The van der Waals surface area contributed by atoms with Crippen molar-refractivity contribution in [3.63, 3.8) is 0 Å². The monoisotopic (exact) mass is 1040 g/mol. The first-order valence-corrected chi connectivity index (χ1v) is 25.4. The van der Waals surface area contributed by atoms with Gasteiger partial charge in [-0.15, -0.1) is 0 Å². The van der Waals surface area contributed by atoms with Gasteiger partial charge in [-0.3, -0.25) is 4.98 Å². The second-order valence-corrected chi connectivity index (χ2v) is 19.5. The first kappa shape index (κ1) is 50.0. The maximum absolute atomic E-state index is 10.4. The van der Waals surface area contributed by atoms with Crippen molar-refractivity contribution in [2.45, 2.75) is 13.8 Å². The second-order valence-electron chi connectivity index (χ2n) is 19.5. The molecule has 0 aliphatic rings. The number of nitrogens with zero attached hydrogens (tertiary/aromatic N) is 12. The molecule has 0 unspecified atom stereocenters. The maximum Gasteiger partial charge on any atom is 0.212 e. The van der Waals surface area contributed by atoms with Gasteiger partial charge in [-0.2, -0.15) is 15.8 Å². The van der Waals surface area contributed by atoms with Crippen molar-refractivity contribution < 1.29 is 0 Å². The second kappa shape index (κ2) is 19.9. The van der Waals surface area contributed by atoms with E-state index in [2.05, 4.69) is 56.4 Å². The Balaban J connectivity index is 1.22. The standard InChI is InChI=1S/C70H34N12/c1-40-25-48(26-41(2)80-40)60-35-70(82-67-32-46(54-18-10-43(38-72)28-62(54)77-6)13-21-58(67)59-22-14-47(33-68(59)82)55-24-16-51(75-4)34-63(55)78-7)64(79-8)36-69(60)81-65-30-44(52-23-15-50(74-3)29-49(52)39-73)11-19-56(65)57-20-12-45(31-66(57)81)53-17-9-42(37-71)27-61(53)76-5/h9-36H,1-2H3. The van der Waals surface area contributed by atoms with E-state index in [0.29, 0.717) is 101 Å². The predicted octanol–water partition coefficient (Wildman–Crippen LogP) is 19.1. The highest BCUT2D eigenvalue weighted by Gasteiger charge is 2.25. The van der Waals surface area contributed by atoms with Gasteiger partial charge >= 0.3 is 0 Å². The van der Waals surface area contributed by atoms with E-state index in [1.807, 2.05) is 111 Å². The van der Waals surface area contributed by atoms with Gasteiger partial charge in [-0.1, -0.05) is 91.0 Å². The van der Waals surface area contributed by atoms with Crippen LogP contribution in [0.25, 0.3) is 140 Å². The summed E-state index contributed by atoms with van der Waals surface area (Å²) < 4.78 is 4.18.